The third-order valence-corrected chi connectivity index (χ3v) is 6.43. The van der Waals surface area contributed by atoms with E-state index in [-0.39, 0.29) is 5.54 Å². The van der Waals surface area contributed by atoms with Crippen molar-refractivity contribution in [2.75, 3.05) is 12.4 Å². The van der Waals surface area contributed by atoms with Gasteiger partial charge in [0.1, 0.15) is 0 Å². The summed E-state index contributed by atoms with van der Waals surface area (Å²) >= 11 is 5.45. The Balaban J connectivity index is 0.000000279. The van der Waals surface area contributed by atoms with Crippen molar-refractivity contribution in [3.05, 3.63) is 91.0 Å². The molecular weight excluding hydrogens is 369 g/mol. The highest BCUT2D eigenvalue weighted by Gasteiger charge is 2.14. The lowest BCUT2D eigenvalue weighted by atomic mass is 10.1. The van der Waals surface area contributed by atoms with Crippen molar-refractivity contribution in [2.24, 2.45) is 0 Å². The molecule has 1 nitrogen and oxygen atoms in total. The third kappa shape index (κ3) is 7.85. The second kappa shape index (κ2) is 11.2. The van der Waals surface area contributed by atoms with Crippen LogP contribution in [0.4, 0.5) is 0 Å². The first kappa shape index (κ1) is 21.6. The van der Waals surface area contributed by atoms with Gasteiger partial charge in [-0.05, 0) is 44.6 Å². The molecule has 0 saturated carbocycles. The van der Waals surface area contributed by atoms with Crippen molar-refractivity contribution in [1.82, 2.24) is 5.32 Å². The summed E-state index contributed by atoms with van der Waals surface area (Å²) in [5, 5.41) is 7.43. The second-order valence-electron chi connectivity index (χ2n) is 7.21. The van der Waals surface area contributed by atoms with Crippen LogP contribution in [-0.4, -0.2) is 18.0 Å². The minimum absolute atomic E-state index is 0.217. The smallest absolute Gasteiger partial charge is 0.0348 e. The molecular formula is C24H29ClNP. The predicted octanol–water partition coefficient (Wildman–Crippen LogP) is 5.06. The van der Waals surface area contributed by atoms with Gasteiger partial charge in [-0.1, -0.05) is 91.0 Å². The lowest BCUT2D eigenvalue weighted by Crippen LogP contribution is -2.36. The molecule has 3 heteroatoms. The molecule has 3 aromatic carbocycles. The maximum absolute atomic E-state index is 5.45. The maximum atomic E-state index is 5.45. The summed E-state index contributed by atoms with van der Waals surface area (Å²) in [5.74, 6) is 0.692. The zero-order chi connectivity index (χ0) is 19.5. The Bertz CT molecular complexity index is 661. The number of hydrogen-bond acceptors (Lipinski definition) is 1. The minimum atomic E-state index is -0.446. The van der Waals surface area contributed by atoms with Crippen molar-refractivity contribution in [3.63, 3.8) is 0 Å². The van der Waals surface area contributed by atoms with Crippen molar-refractivity contribution < 1.29 is 0 Å². The third-order valence-electron chi connectivity index (χ3n) is 3.79. The average Bonchev–Trinajstić information content (AvgIpc) is 2.69. The molecule has 0 bridgehead atoms. The van der Waals surface area contributed by atoms with Gasteiger partial charge in [0.05, 0.1) is 0 Å². The molecule has 27 heavy (non-hydrogen) atoms. The van der Waals surface area contributed by atoms with Gasteiger partial charge in [-0.3, -0.25) is 0 Å². The molecule has 0 atom stereocenters. The first-order valence-electron chi connectivity index (χ1n) is 9.27. The highest BCUT2D eigenvalue weighted by molar-refractivity contribution is 7.79. The van der Waals surface area contributed by atoms with E-state index in [1.54, 1.807) is 0 Å². The second-order valence-corrected chi connectivity index (χ2v) is 9.81. The summed E-state index contributed by atoms with van der Waals surface area (Å²) < 4.78 is 0. The number of halogens is 1. The van der Waals surface area contributed by atoms with E-state index < -0.39 is 7.92 Å². The van der Waals surface area contributed by atoms with E-state index in [0.717, 1.165) is 6.54 Å². The van der Waals surface area contributed by atoms with E-state index in [1.807, 2.05) is 0 Å². The van der Waals surface area contributed by atoms with Crippen molar-refractivity contribution in [2.45, 2.75) is 26.3 Å². The molecule has 0 aliphatic carbocycles. The Hall–Kier alpha value is -1.66. The van der Waals surface area contributed by atoms with Crippen LogP contribution in [0, 0.1) is 0 Å². The maximum Gasteiger partial charge on any atom is 0.0348 e. The molecule has 0 aliphatic rings. The van der Waals surface area contributed by atoms with Crippen LogP contribution in [0.3, 0.4) is 0 Å². The summed E-state index contributed by atoms with van der Waals surface area (Å²) in [4.78, 5) is 0. The van der Waals surface area contributed by atoms with Crippen LogP contribution in [0.15, 0.2) is 91.0 Å². The Morgan fingerprint density at radius 1 is 0.667 bits per heavy atom. The fourth-order valence-corrected chi connectivity index (χ4v) is 5.00. The van der Waals surface area contributed by atoms with Crippen LogP contribution in [0.1, 0.15) is 20.8 Å². The van der Waals surface area contributed by atoms with Crippen LogP contribution < -0.4 is 21.2 Å². The highest BCUT2D eigenvalue weighted by atomic mass is 35.5. The SMILES string of the molecule is CC(C)(C)NCCCl.c1ccc(P(c2ccccc2)c2ccccc2)cc1. The van der Waals surface area contributed by atoms with Gasteiger partial charge in [-0.2, -0.15) is 0 Å². The molecule has 0 spiro atoms. The molecule has 0 heterocycles. The van der Waals surface area contributed by atoms with E-state index >= 15 is 0 Å². The molecule has 0 saturated heterocycles. The lowest BCUT2D eigenvalue weighted by Gasteiger charge is -2.19. The molecule has 0 aromatic heterocycles. The van der Waals surface area contributed by atoms with E-state index in [1.165, 1.54) is 15.9 Å². The van der Waals surface area contributed by atoms with Crippen LogP contribution in [0.2, 0.25) is 0 Å². The van der Waals surface area contributed by atoms with Crippen molar-refractivity contribution in [1.29, 1.82) is 0 Å². The molecule has 3 aromatic rings. The van der Waals surface area contributed by atoms with E-state index in [4.69, 9.17) is 11.6 Å². The average molecular weight is 398 g/mol. The molecule has 142 valence electrons. The zero-order valence-electron chi connectivity index (χ0n) is 16.4. The summed E-state index contributed by atoms with van der Waals surface area (Å²) in [6, 6.07) is 32.3. The molecule has 0 amide bonds. The molecule has 1 N–H and O–H groups in total. The Kier molecular flexibility index (Phi) is 9.01. The van der Waals surface area contributed by atoms with Gasteiger partial charge in [0, 0.05) is 18.0 Å². The van der Waals surface area contributed by atoms with E-state index in [2.05, 4.69) is 117 Å². The first-order valence-corrected chi connectivity index (χ1v) is 11.1. The largest absolute Gasteiger partial charge is 0.311 e. The number of benzene rings is 3. The van der Waals surface area contributed by atoms with E-state index in [9.17, 15) is 0 Å². The van der Waals surface area contributed by atoms with Gasteiger partial charge in [0.15, 0.2) is 0 Å². The molecule has 0 aliphatic heterocycles. The van der Waals surface area contributed by atoms with Crippen molar-refractivity contribution >= 4 is 35.4 Å². The summed E-state index contributed by atoms with van der Waals surface area (Å²) in [7, 11) is -0.446. The van der Waals surface area contributed by atoms with Gasteiger partial charge in [0.2, 0.25) is 0 Å². The van der Waals surface area contributed by atoms with Crippen LogP contribution in [-0.2, 0) is 0 Å². The van der Waals surface area contributed by atoms with Crippen molar-refractivity contribution in [3.8, 4) is 0 Å². The fourth-order valence-electron chi connectivity index (χ4n) is 2.60. The first-order chi connectivity index (χ1) is 13.0. The molecule has 3 rings (SSSR count). The topological polar surface area (TPSA) is 12.0 Å². The quantitative estimate of drug-likeness (QED) is 0.468. The van der Waals surface area contributed by atoms with Gasteiger partial charge in [-0.15, -0.1) is 11.6 Å². The van der Waals surface area contributed by atoms with Gasteiger partial charge < -0.3 is 5.32 Å². The predicted molar refractivity (Wildman–Crippen MR) is 124 cm³/mol. The monoisotopic (exact) mass is 397 g/mol. The number of alkyl halides is 1. The number of hydrogen-bond donors (Lipinski definition) is 1. The normalized spacial score (nSPS) is 11.0. The van der Waals surface area contributed by atoms with Gasteiger partial charge in [0.25, 0.3) is 0 Å². The lowest BCUT2D eigenvalue weighted by molar-refractivity contribution is 0.440. The Labute approximate surface area is 170 Å². The number of rotatable bonds is 5. The molecule has 0 fully saturated rings. The summed E-state index contributed by atoms with van der Waals surface area (Å²) in [6.45, 7) is 7.27. The van der Waals surface area contributed by atoms with Gasteiger partial charge in [-0.25, -0.2) is 0 Å². The van der Waals surface area contributed by atoms with Crippen LogP contribution in [0.5, 0.6) is 0 Å². The van der Waals surface area contributed by atoms with E-state index in [0.29, 0.717) is 5.88 Å². The highest BCUT2D eigenvalue weighted by Crippen LogP contribution is 2.32. The summed E-state index contributed by atoms with van der Waals surface area (Å²) in [6.07, 6.45) is 0. The Morgan fingerprint density at radius 2 is 1.00 bits per heavy atom. The minimum Gasteiger partial charge on any atom is -0.311 e. The van der Waals surface area contributed by atoms with Crippen LogP contribution >= 0.6 is 19.5 Å². The molecule has 0 unspecified atom stereocenters. The number of nitrogens with one attached hydrogen (secondary N) is 1. The van der Waals surface area contributed by atoms with Gasteiger partial charge >= 0.3 is 0 Å². The van der Waals surface area contributed by atoms with Crippen LogP contribution in [0.25, 0.3) is 0 Å². The summed E-state index contributed by atoms with van der Waals surface area (Å²) in [5.41, 5.74) is 0.217. The standard InChI is InChI=1S/C18H15P.C6H14ClN/c1-4-10-16(11-5-1)19(17-12-6-2-7-13-17)18-14-8-3-9-15-18;1-6(2,3)8-5-4-7/h1-15H;8H,4-5H2,1-3H3. The Morgan fingerprint density at radius 3 is 1.22 bits per heavy atom. The molecule has 0 radical (unpaired) electrons. The zero-order valence-corrected chi connectivity index (χ0v) is 18.1. The fraction of sp³-hybridized carbons (Fsp3) is 0.250.